The number of imide groups is 1. The number of amides is 3. The van der Waals surface area contributed by atoms with Crippen LogP contribution < -0.4 is 5.32 Å². The van der Waals surface area contributed by atoms with E-state index in [9.17, 15) is 14.4 Å². The molecule has 2 heterocycles. The van der Waals surface area contributed by atoms with Crippen molar-refractivity contribution in [3.05, 3.63) is 47.0 Å². The highest BCUT2D eigenvalue weighted by Crippen LogP contribution is 2.21. The highest BCUT2D eigenvalue weighted by atomic mass is 32.1. The van der Waals surface area contributed by atoms with Crippen LogP contribution in [0.2, 0.25) is 0 Å². The average Bonchev–Trinajstić information content (AvgIpc) is 3.16. The molecule has 1 aliphatic rings. The first kappa shape index (κ1) is 17.3. The van der Waals surface area contributed by atoms with Gasteiger partial charge in [0.2, 0.25) is 17.7 Å². The number of nitrogens with one attached hydrogen (secondary N) is 1. The van der Waals surface area contributed by atoms with Gasteiger partial charge in [-0.15, -0.1) is 11.3 Å². The maximum Gasteiger partial charge on any atom is 0.229 e. The molecule has 3 rings (SSSR count). The second kappa shape index (κ2) is 8.02. The number of thiazole rings is 1. The lowest BCUT2D eigenvalue weighted by molar-refractivity contribution is -0.138. The summed E-state index contributed by atoms with van der Waals surface area (Å²) >= 11 is 1.45. The van der Waals surface area contributed by atoms with Crippen molar-refractivity contribution in [2.45, 2.75) is 32.1 Å². The van der Waals surface area contributed by atoms with Gasteiger partial charge in [-0.3, -0.25) is 19.3 Å². The summed E-state index contributed by atoms with van der Waals surface area (Å²) in [6, 6.07) is 10.1. The van der Waals surface area contributed by atoms with E-state index in [2.05, 4.69) is 22.4 Å². The van der Waals surface area contributed by atoms with Gasteiger partial charge in [-0.05, 0) is 12.0 Å². The standard InChI is InChI=1S/C18H19N3O3S/c22-15(7-4-10-21-16(23)8-9-17(21)24)20-18-19-12-14(25-18)11-13-5-2-1-3-6-13/h1-3,5-6,12H,4,7-11H2,(H,19,20,22). The molecule has 0 bridgehead atoms. The van der Waals surface area contributed by atoms with Crippen LogP contribution in [0.3, 0.4) is 0 Å². The number of benzene rings is 1. The second-order valence-electron chi connectivity index (χ2n) is 5.88. The molecule has 1 fully saturated rings. The third kappa shape index (κ3) is 4.73. The van der Waals surface area contributed by atoms with Crippen molar-refractivity contribution in [1.82, 2.24) is 9.88 Å². The molecule has 0 unspecified atom stereocenters. The maximum absolute atomic E-state index is 12.0. The molecule has 1 saturated heterocycles. The second-order valence-corrected chi connectivity index (χ2v) is 7.00. The predicted octanol–water partition coefficient (Wildman–Crippen LogP) is 2.60. The zero-order valence-corrected chi connectivity index (χ0v) is 14.6. The van der Waals surface area contributed by atoms with Crippen LogP contribution in [0.1, 0.15) is 36.1 Å². The molecule has 0 spiro atoms. The molecule has 1 N–H and O–H groups in total. The van der Waals surface area contributed by atoms with Crippen molar-refractivity contribution in [1.29, 1.82) is 0 Å². The summed E-state index contributed by atoms with van der Waals surface area (Å²) in [5, 5.41) is 3.35. The van der Waals surface area contributed by atoms with Gasteiger partial charge < -0.3 is 5.32 Å². The summed E-state index contributed by atoms with van der Waals surface area (Å²) in [4.78, 5) is 41.5. The first-order chi connectivity index (χ1) is 12.1. The van der Waals surface area contributed by atoms with Gasteiger partial charge in [0.15, 0.2) is 5.13 Å². The third-order valence-electron chi connectivity index (χ3n) is 3.96. The minimum atomic E-state index is -0.153. The van der Waals surface area contributed by atoms with E-state index in [0.717, 1.165) is 11.3 Å². The van der Waals surface area contributed by atoms with E-state index in [1.807, 2.05) is 18.2 Å². The zero-order valence-electron chi connectivity index (χ0n) is 13.7. The van der Waals surface area contributed by atoms with Crippen molar-refractivity contribution >= 4 is 34.2 Å². The van der Waals surface area contributed by atoms with Crippen LogP contribution in [0.15, 0.2) is 36.5 Å². The van der Waals surface area contributed by atoms with Crippen molar-refractivity contribution in [2.24, 2.45) is 0 Å². The van der Waals surface area contributed by atoms with E-state index < -0.39 is 0 Å². The largest absolute Gasteiger partial charge is 0.302 e. The van der Waals surface area contributed by atoms with Crippen LogP contribution in [0.25, 0.3) is 0 Å². The lowest BCUT2D eigenvalue weighted by Crippen LogP contribution is -2.30. The molecule has 0 radical (unpaired) electrons. The summed E-state index contributed by atoms with van der Waals surface area (Å²) in [5.41, 5.74) is 1.20. The molecule has 0 atom stereocenters. The normalized spacial score (nSPS) is 14.2. The Balaban J connectivity index is 1.44. The number of anilines is 1. The summed E-state index contributed by atoms with van der Waals surface area (Å²) in [5.74, 6) is -0.438. The van der Waals surface area contributed by atoms with Crippen LogP contribution in [0, 0.1) is 0 Å². The molecule has 0 aliphatic carbocycles. The Hall–Kier alpha value is -2.54. The summed E-state index contributed by atoms with van der Waals surface area (Å²) in [7, 11) is 0. The lowest BCUT2D eigenvalue weighted by atomic mass is 10.1. The van der Waals surface area contributed by atoms with Crippen LogP contribution in [-0.2, 0) is 20.8 Å². The molecule has 1 aromatic heterocycles. The fourth-order valence-corrected chi connectivity index (χ4v) is 3.56. The quantitative estimate of drug-likeness (QED) is 0.773. The molecular weight excluding hydrogens is 338 g/mol. The molecule has 25 heavy (non-hydrogen) atoms. The Morgan fingerprint density at radius 1 is 1.16 bits per heavy atom. The Morgan fingerprint density at radius 2 is 1.88 bits per heavy atom. The molecule has 3 amide bonds. The minimum Gasteiger partial charge on any atom is -0.302 e. The van der Waals surface area contributed by atoms with Gasteiger partial charge in [-0.25, -0.2) is 4.98 Å². The number of likely N-dealkylation sites (tertiary alicyclic amines) is 1. The Labute approximate surface area is 149 Å². The predicted molar refractivity (Wildman–Crippen MR) is 95.2 cm³/mol. The Morgan fingerprint density at radius 3 is 2.60 bits per heavy atom. The highest BCUT2D eigenvalue weighted by Gasteiger charge is 2.28. The van der Waals surface area contributed by atoms with Gasteiger partial charge in [0.05, 0.1) is 0 Å². The monoisotopic (exact) mass is 357 g/mol. The van der Waals surface area contributed by atoms with Gasteiger partial charge in [-0.2, -0.15) is 0 Å². The van der Waals surface area contributed by atoms with Crippen molar-refractivity contribution in [2.75, 3.05) is 11.9 Å². The van der Waals surface area contributed by atoms with Gasteiger partial charge in [0, 0.05) is 43.3 Å². The van der Waals surface area contributed by atoms with Gasteiger partial charge in [-0.1, -0.05) is 30.3 Å². The maximum atomic E-state index is 12.0. The number of nitrogens with zero attached hydrogens (tertiary/aromatic N) is 2. The fourth-order valence-electron chi connectivity index (χ4n) is 2.70. The third-order valence-corrected chi connectivity index (χ3v) is 4.87. The van der Waals surface area contributed by atoms with E-state index in [1.54, 1.807) is 6.20 Å². The summed E-state index contributed by atoms with van der Waals surface area (Å²) in [6.45, 7) is 0.308. The van der Waals surface area contributed by atoms with Crippen LogP contribution >= 0.6 is 11.3 Å². The highest BCUT2D eigenvalue weighted by molar-refractivity contribution is 7.15. The van der Waals surface area contributed by atoms with Gasteiger partial charge >= 0.3 is 0 Å². The molecule has 1 aliphatic heterocycles. The van der Waals surface area contributed by atoms with E-state index in [4.69, 9.17) is 0 Å². The molecular formula is C18H19N3O3S. The van der Waals surface area contributed by atoms with Crippen molar-refractivity contribution in [3.63, 3.8) is 0 Å². The van der Waals surface area contributed by atoms with Gasteiger partial charge in [0.25, 0.3) is 0 Å². The number of hydrogen-bond donors (Lipinski definition) is 1. The smallest absolute Gasteiger partial charge is 0.229 e. The van der Waals surface area contributed by atoms with Crippen molar-refractivity contribution in [3.8, 4) is 0 Å². The number of carbonyl (C=O) groups is 3. The van der Waals surface area contributed by atoms with E-state index >= 15 is 0 Å². The molecule has 130 valence electrons. The summed E-state index contributed by atoms with van der Waals surface area (Å²) < 4.78 is 0. The molecule has 6 nitrogen and oxygen atoms in total. The van der Waals surface area contributed by atoms with Crippen molar-refractivity contribution < 1.29 is 14.4 Å². The average molecular weight is 357 g/mol. The van der Waals surface area contributed by atoms with E-state index in [1.165, 1.54) is 21.8 Å². The molecule has 2 aromatic rings. The first-order valence-electron chi connectivity index (χ1n) is 8.23. The first-order valence-corrected chi connectivity index (χ1v) is 9.05. The Bertz CT molecular complexity index is 757. The van der Waals surface area contributed by atoms with Crippen LogP contribution in [0.5, 0.6) is 0 Å². The topological polar surface area (TPSA) is 79.4 Å². The number of hydrogen-bond acceptors (Lipinski definition) is 5. The SMILES string of the molecule is O=C(CCCN1C(=O)CCC1=O)Nc1ncc(Cc2ccccc2)s1. The van der Waals surface area contributed by atoms with E-state index in [0.29, 0.717) is 18.1 Å². The van der Waals surface area contributed by atoms with Crippen LogP contribution in [-0.4, -0.2) is 34.2 Å². The molecule has 0 saturated carbocycles. The molecule has 7 heteroatoms. The number of carbonyl (C=O) groups excluding carboxylic acids is 3. The number of aromatic nitrogens is 1. The fraction of sp³-hybridized carbons (Fsp3) is 0.333. The van der Waals surface area contributed by atoms with Gasteiger partial charge in [0.1, 0.15) is 0 Å². The van der Waals surface area contributed by atoms with Crippen LogP contribution in [0.4, 0.5) is 5.13 Å². The summed E-state index contributed by atoms with van der Waals surface area (Å²) in [6.07, 6.45) is 3.85. The lowest BCUT2D eigenvalue weighted by Gasteiger charge is -2.12. The zero-order chi connectivity index (χ0) is 17.6. The molecule has 1 aromatic carbocycles. The van der Waals surface area contributed by atoms with E-state index in [-0.39, 0.29) is 37.0 Å². The minimum absolute atomic E-state index is 0.143. The number of rotatable bonds is 7. The Kier molecular flexibility index (Phi) is 5.55.